The summed E-state index contributed by atoms with van der Waals surface area (Å²) in [4.78, 5) is 0. The van der Waals surface area contributed by atoms with Crippen molar-refractivity contribution in [1.82, 2.24) is 0 Å². The summed E-state index contributed by atoms with van der Waals surface area (Å²) in [5.41, 5.74) is -0.0573. The molecule has 100 valence electrons. The maximum absolute atomic E-state index is 12.6. The maximum Gasteiger partial charge on any atom is 0.416 e. The molecule has 18 heavy (non-hydrogen) atoms. The molecular formula is C13H15F3O2. The molecule has 0 radical (unpaired) electrons. The molecule has 0 bridgehead atoms. The van der Waals surface area contributed by atoms with Gasteiger partial charge in [0.2, 0.25) is 0 Å². The number of halogens is 3. The van der Waals surface area contributed by atoms with Gasteiger partial charge < -0.3 is 9.47 Å². The first-order valence-corrected chi connectivity index (χ1v) is 5.81. The van der Waals surface area contributed by atoms with E-state index < -0.39 is 11.7 Å². The predicted molar refractivity (Wildman–Crippen MR) is 60.7 cm³/mol. The molecule has 0 amide bonds. The molecule has 2 atom stereocenters. The van der Waals surface area contributed by atoms with Gasteiger partial charge in [-0.05, 0) is 43.5 Å². The van der Waals surface area contributed by atoms with Gasteiger partial charge in [-0.25, -0.2) is 0 Å². The zero-order valence-electron chi connectivity index (χ0n) is 10.3. The summed E-state index contributed by atoms with van der Waals surface area (Å²) in [6.45, 7) is 1.95. The number of epoxide rings is 1. The number of hydrogen-bond acceptors (Lipinski definition) is 2. The van der Waals surface area contributed by atoms with Crippen molar-refractivity contribution in [2.75, 3.05) is 7.11 Å². The van der Waals surface area contributed by atoms with E-state index in [0.717, 1.165) is 18.6 Å². The Hall–Kier alpha value is -1.23. The third kappa shape index (κ3) is 2.96. The minimum absolute atomic E-state index is 0.171. The molecule has 1 saturated heterocycles. The molecule has 0 aliphatic carbocycles. The minimum atomic E-state index is -4.32. The van der Waals surface area contributed by atoms with Gasteiger partial charge in [0.05, 0.1) is 24.9 Å². The van der Waals surface area contributed by atoms with Crippen molar-refractivity contribution in [3.63, 3.8) is 0 Å². The standard InChI is InChI=1S/C13H15F3O2/c1-8-11(18-8)5-3-9-7-10(13(14,15)16)4-6-12(9)17-2/h4,6-8,11H,3,5H2,1-2H3. The fourth-order valence-electron chi connectivity index (χ4n) is 1.98. The van der Waals surface area contributed by atoms with Gasteiger partial charge >= 0.3 is 6.18 Å². The van der Waals surface area contributed by atoms with Crippen LogP contribution in [0.25, 0.3) is 0 Å². The van der Waals surface area contributed by atoms with Gasteiger partial charge in [0.15, 0.2) is 0 Å². The van der Waals surface area contributed by atoms with Crippen LogP contribution in [0, 0.1) is 0 Å². The molecule has 1 aliphatic rings. The summed E-state index contributed by atoms with van der Waals surface area (Å²) >= 11 is 0. The number of aryl methyl sites for hydroxylation is 1. The summed E-state index contributed by atoms with van der Waals surface area (Å²) in [5.74, 6) is 0.497. The number of alkyl halides is 3. The van der Waals surface area contributed by atoms with Gasteiger partial charge in [-0.3, -0.25) is 0 Å². The van der Waals surface area contributed by atoms with E-state index in [2.05, 4.69) is 0 Å². The second kappa shape index (κ2) is 4.80. The van der Waals surface area contributed by atoms with E-state index in [1.54, 1.807) is 0 Å². The molecule has 0 aromatic heterocycles. The van der Waals surface area contributed by atoms with Crippen LogP contribution in [-0.4, -0.2) is 19.3 Å². The molecule has 1 aliphatic heterocycles. The summed E-state index contributed by atoms with van der Waals surface area (Å²) in [6.07, 6.45) is -2.67. The highest BCUT2D eigenvalue weighted by atomic mass is 19.4. The van der Waals surface area contributed by atoms with Crippen molar-refractivity contribution in [3.8, 4) is 5.75 Å². The molecule has 1 fully saturated rings. The minimum Gasteiger partial charge on any atom is -0.496 e. The average Bonchev–Trinajstić information content (AvgIpc) is 3.01. The normalized spacial score (nSPS) is 22.9. The number of methoxy groups -OCH3 is 1. The van der Waals surface area contributed by atoms with Crippen LogP contribution in [0.1, 0.15) is 24.5 Å². The monoisotopic (exact) mass is 260 g/mol. The fourth-order valence-corrected chi connectivity index (χ4v) is 1.98. The van der Waals surface area contributed by atoms with Gasteiger partial charge in [0, 0.05) is 0 Å². The van der Waals surface area contributed by atoms with Crippen molar-refractivity contribution >= 4 is 0 Å². The highest BCUT2D eigenvalue weighted by Gasteiger charge is 2.34. The Labute approximate surface area is 104 Å². The van der Waals surface area contributed by atoms with Crippen LogP contribution >= 0.6 is 0 Å². The Morgan fingerprint density at radius 1 is 1.33 bits per heavy atom. The molecule has 2 unspecified atom stereocenters. The summed E-state index contributed by atoms with van der Waals surface area (Å²) in [6, 6.07) is 3.57. The molecule has 1 aromatic carbocycles. The Morgan fingerprint density at radius 3 is 2.50 bits per heavy atom. The third-order valence-corrected chi connectivity index (χ3v) is 3.14. The first-order valence-electron chi connectivity index (χ1n) is 5.81. The highest BCUT2D eigenvalue weighted by molar-refractivity contribution is 5.38. The topological polar surface area (TPSA) is 21.8 Å². The number of ether oxygens (including phenoxy) is 2. The van der Waals surface area contributed by atoms with Crippen molar-refractivity contribution in [3.05, 3.63) is 29.3 Å². The molecule has 0 saturated carbocycles. The summed E-state index contributed by atoms with van der Waals surface area (Å²) < 4.78 is 48.2. The lowest BCUT2D eigenvalue weighted by Gasteiger charge is -2.12. The zero-order chi connectivity index (χ0) is 13.3. The molecule has 1 heterocycles. The Bertz CT molecular complexity index is 429. The van der Waals surface area contributed by atoms with Crippen LogP contribution in [0.3, 0.4) is 0 Å². The average molecular weight is 260 g/mol. The molecular weight excluding hydrogens is 245 g/mol. The second-order valence-electron chi connectivity index (χ2n) is 4.44. The van der Waals surface area contributed by atoms with Gasteiger partial charge in [0.25, 0.3) is 0 Å². The van der Waals surface area contributed by atoms with Crippen LogP contribution in [0.5, 0.6) is 5.75 Å². The predicted octanol–water partition coefficient (Wildman–Crippen LogP) is 3.43. The highest BCUT2D eigenvalue weighted by Crippen LogP contribution is 2.34. The molecule has 0 spiro atoms. The Balaban J connectivity index is 2.14. The molecule has 2 nitrogen and oxygen atoms in total. The van der Waals surface area contributed by atoms with E-state index in [9.17, 15) is 13.2 Å². The number of hydrogen-bond donors (Lipinski definition) is 0. The Morgan fingerprint density at radius 2 is 2.00 bits per heavy atom. The largest absolute Gasteiger partial charge is 0.496 e. The lowest BCUT2D eigenvalue weighted by Crippen LogP contribution is -2.06. The second-order valence-corrected chi connectivity index (χ2v) is 4.44. The van der Waals surface area contributed by atoms with E-state index >= 15 is 0 Å². The van der Waals surface area contributed by atoms with Crippen molar-refractivity contribution < 1.29 is 22.6 Å². The quantitative estimate of drug-likeness (QED) is 0.773. The molecule has 0 N–H and O–H groups in total. The molecule has 5 heteroatoms. The van der Waals surface area contributed by atoms with Crippen LogP contribution in [0.4, 0.5) is 13.2 Å². The van der Waals surface area contributed by atoms with E-state index in [4.69, 9.17) is 9.47 Å². The Kier molecular flexibility index (Phi) is 3.52. The van der Waals surface area contributed by atoms with E-state index in [1.165, 1.54) is 13.2 Å². The lowest BCUT2D eigenvalue weighted by atomic mass is 10.0. The molecule has 2 rings (SSSR count). The lowest BCUT2D eigenvalue weighted by molar-refractivity contribution is -0.137. The summed E-state index contributed by atoms with van der Waals surface area (Å²) in [5, 5.41) is 0. The van der Waals surface area contributed by atoms with Gasteiger partial charge in [-0.2, -0.15) is 13.2 Å². The number of rotatable bonds is 4. The van der Waals surface area contributed by atoms with Crippen molar-refractivity contribution in [1.29, 1.82) is 0 Å². The smallest absolute Gasteiger partial charge is 0.416 e. The zero-order valence-corrected chi connectivity index (χ0v) is 10.3. The van der Waals surface area contributed by atoms with Crippen LogP contribution in [-0.2, 0) is 17.3 Å². The first-order chi connectivity index (χ1) is 8.41. The van der Waals surface area contributed by atoms with Crippen LogP contribution in [0.15, 0.2) is 18.2 Å². The van der Waals surface area contributed by atoms with E-state index in [1.807, 2.05) is 6.92 Å². The fraction of sp³-hybridized carbons (Fsp3) is 0.538. The van der Waals surface area contributed by atoms with E-state index in [0.29, 0.717) is 17.7 Å². The third-order valence-electron chi connectivity index (χ3n) is 3.14. The van der Waals surface area contributed by atoms with Crippen molar-refractivity contribution in [2.45, 2.75) is 38.1 Å². The van der Waals surface area contributed by atoms with Gasteiger partial charge in [-0.15, -0.1) is 0 Å². The van der Waals surface area contributed by atoms with Crippen LogP contribution in [0.2, 0.25) is 0 Å². The van der Waals surface area contributed by atoms with E-state index in [-0.39, 0.29) is 12.2 Å². The van der Waals surface area contributed by atoms with Gasteiger partial charge in [-0.1, -0.05) is 0 Å². The van der Waals surface area contributed by atoms with Gasteiger partial charge in [0.1, 0.15) is 5.75 Å². The molecule has 1 aromatic rings. The van der Waals surface area contributed by atoms with Crippen LogP contribution < -0.4 is 4.74 Å². The number of benzene rings is 1. The maximum atomic E-state index is 12.6. The summed E-state index contributed by atoms with van der Waals surface area (Å²) in [7, 11) is 1.46. The van der Waals surface area contributed by atoms with Crippen molar-refractivity contribution in [2.24, 2.45) is 0 Å². The SMILES string of the molecule is COc1ccc(C(F)(F)F)cc1CCC1OC1C. The first kappa shape index (κ1) is 13.2.